The summed E-state index contributed by atoms with van der Waals surface area (Å²) in [4.78, 5) is 14.1. The van der Waals surface area contributed by atoms with Crippen LogP contribution < -0.4 is 10.2 Å². The lowest BCUT2D eigenvalue weighted by Crippen LogP contribution is -2.41. The molecule has 1 atom stereocenters. The van der Waals surface area contributed by atoms with Crippen molar-refractivity contribution in [2.24, 2.45) is 0 Å². The Morgan fingerprint density at radius 2 is 2.20 bits per heavy atom. The fourth-order valence-electron chi connectivity index (χ4n) is 2.66. The number of benzene rings is 1. The smallest absolute Gasteiger partial charge is 0.252 e. The van der Waals surface area contributed by atoms with Gasteiger partial charge in [0, 0.05) is 24.9 Å². The first kappa shape index (κ1) is 15.0. The molecule has 0 fully saturated rings. The van der Waals surface area contributed by atoms with Crippen molar-refractivity contribution in [1.82, 2.24) is 5.32 Å². The number of carbonyl (C=O) groups excluding carboxylic acids is 1. The molecule has 110 valence electrons. The van der Waals surface area contributed by atoms with Crippen LogP contribution in [0.5, 0.6) is 0 Å². The van der Waals surface area contributed by atoms with Crippen LogP contribution in [0.3, 0.4) is 0 Å². The maximum absolute atomic E-state index is 12.3. The first-order chi connectivity index (χ1) is 9.77. The molecule has 0 saturated heterocycles. The van der Waals surface area contributed by atoms with Gasteiger partial charge in [-0.2, -0.15) is 0 Å². The van der Waals surface area contributed by atoms with Crippen molar-refractivity contribution in [3.05, 3.63) is 29.8 Å². The van der Waals surface area contributed by atoms with Crippen molar-refractivity contribution < 1.29 is 9.53 Å². The summed E-state index contributed by atoms with van der Waals surface area (Å²) in [5.74, 6) is 0.0563. The summed E-state index contributed by atoms with van der Waals surface area (Å²) in [6, 6.07) is 8.49. The molecule has 1 unspecified atom stereocenters. The average molecular weight is 276 g/mol. The zero-order valence-corrected chi connectivity index (χ0v) is 12.4. The highest BCUT2D eigenvalue weighted by molar-refractivity contribution is 5.95. The maximum Gasteiger partial charge on any atom is 0.252 e. The van der Waals surface area contributed by atoms with E-state index in [1.807, 2.05) is 30.0 Å². The standard InChI is InChI=1S/C16H24N2O2/c1-3-11-20-12-16(19)18-10-9-14(17-4-2)13-7-5-6-8-15(13)18/h5-8,14,17H,3-4,9-12H2,1-2H3. The molecule has 0 aromatic heterocycles. The molecule has 0 radical (unpaired) electrons. The van der Waals surface area contributed by atoms with Gasteiger partial charge in [0.2, 0.25) is 0 Å². The Hall–Kier alpha value is -1.39. The van der Waals surface area contributed by atoms with Crippen LogP contribution in [0.1, 0.15) is 38.3 Å². The number of para-hydroxylation sites is 1. The van der Waals surface area contributed by atoms with E-state index in [2.05, 4.69) is 18.3 Å². The molecule has 1 heterocycles. The molecule has 0 aliphatic carbocycles. The Morgan fingerprint density at radius 1 is 1.40 bits per heavy atom. The Labute approximate surface area is 121 Å². The SMILES string of the molecule is CCCOCC(=O)N1CCC(NCC)c2ccccc21. The Kier molecular flexibility index (Phi) is 5.56. The van der Waals surface area contributed by atoms with E-state index in [4.69, 9.17) is 4.74 Å². The number of nitrogens with zero attached hydrogens (tertiary/aromatic N) is 1. The molecule has 0 spiro atoms. The van der Waals surface area contributed by atoms with Gasteiger partial charge in [0.15, 0.2) is 0 Å². The Bertz CT molecular complexity index is 448. The van der Waals surface area contributed by atoms with Crippen molar-refractivity contribution in [1.29, 1.82) is 0 Å². The monoisotopic (exact) mass is 276 g/mol. The number of rotatable bonds is 6. The third kappa shape index (κ3) is 3.38. The third-order valence-electron chi connectivity index (χ3n) is 3.57. The fraction of sp³-hybridized carbons (Fsp3) is 0.562. The molecular formula is C16H24N2O2. The number of hydrogen-bond acceptors (Lipinski definition) is 3. The van der Waals surface area contributed by atoms with E-state index < -0.39 is 0 Å². The molecule has 1 N–H and O–H groups in total. The second kappa shape index (κ2) is 7.41. The summed E-state index contributed by atoms with van der Waals surface area (Å²) < 4.78 is 5.38. The summed E-state index contributed by atoms with van der Waals surface area (Å²) in [6.45, 7) is 6.66. The molecular weight excluding hydrogens is 252 g/mol. The van der Waals surface area contributed by atoms with E-state index in [0.717, 1.165) is 31.6 Å². The van der Waals surface area contributed by atoms with Gasteiger partial charge in [-0.15, -0.1) is 0 Å². The minimum Gasteiger partial charge on any atom is -0.372 e. The lowest BCUT2D eigenvalue weighted by atomic mass is 9.96. The van der Waals surface area contributed by atoms with E-state index in [1.54, 1.807) is 0 Å². The highest BCUT2D eigenvalue weighted by atomic mass is 16.5. The molecule has 1 aliphatic heterocycles. The summed E-state index contributed by atoms with van der Waals surface area (Å²) in [5.41, 5.74) is 2.24. The molecule has 1 amide bonds. The third-order valence-corrected chi connectivity index (χ3v) is 3.57. The number of carbonyl (C=O) groups is 1. The summed E-state index contributed by atoms with van der Waals surface area (Å²) in [7, 11) is 0. The van der Waals surface area contributed by atoms with Crippen LogP contribution in [0, 0.1) is 0 Å². The quantitative estimate of drug-likeness (QED) is 0.812. The van der Waals surface area contributed by atoms with Gasteiger partial charge >= 0.3 is 0 Å². The summed E-state index contributed by atoms with van der Waals surface area (Å²) in [6.07, 6.45) is 1.89. The van der Waals surface area contributed by atoms with Crippen molar-refractivity contribution in [3.63, 3.8) is 0 Å². The van der Waals surface area contributed by atoms with Crippen LogP contribution >= 0.6 is 0 Å². The lowest BCUT2D eigenvalue weighted by molar-refractivity contribution is -0.123. The largest absolute Gasteiger partial charge is 0.372 e. The van der Waals surface area contributed by atoms with Gasteiger partial charge in [-0.3, -0.25) is 4.79 Å². The number of amides is 1. The van der Waals surface area contributed by atoms with Crippen LogP contribution in [-0.2, 0) is 9.53 Å². The van der Waals surface area contributed by atoms with Gasteiger partial charge < -0.3 is 15.0 Å². The number of fused-ring (bicyclic) bond motifs is 1. The van der Waals surface area contributed by atoms with Gasteiger partial charge in [0.25, 0.3) is 5.91 Å². The molecule has 1 aliphatic rings. The van der Waals surface area contributed by atoms with E-state index >= 15 is 0 Å². The zero-order chi connectivity index (χ0) is 14.4. The van der Waals surface area contributed by atoms with Crippen LogP contribution in [0.15, 0.2) is 24.3 Å². The molecule has 2 rings (SSSR count). The van der Waals surface area contributed by atoms with Gasteiger partial charge in [0.05, 0.1) is 0 Å². The molecule has 20 heavy (non-hydrogen) atoms. The second-order valence-electron chi connectivity index (χ2n) is 5.06. The zero-order valence-electron chi connectivity index (χ0n) is 12.4. The fourth-order valence-corrected chi connectivity index (χ4v) is 2.66. The van der Waals surface area contributed by atoms with Crippen LogP contribution in [0.2, 0.25) is 0 Å². The van der Waals surface area contributed by atoms with Gasteiger partial charge in [0.1, 0.15) is 6.61 Å². The molecule has 1 aromatic carbocycles. The van der Waals surface area contributed by atoms with E-state index in [9.17, 15) is 4.79 Å². The molecule has 4 nitrogen and oxygen atoms in total. The number of nitrogens with one attached hydrogen (secondary N) is 1. The average Bonchev–Trinajstić information content (AvgIpc) is 2.48. The maximum atomic E-state index is 12.3. The molecule has 1 aromatic rings. The Morgan fingerprint density at radius 3 is 2.95 bits per heavy atom. The number of hydrogen-bond donors (Lipinski definition) is 1. The number of ether oxygens (including phenoxy) is 1. The van der Waals surface area contributed by atoms with Crippen LogP contribution in [-0.4, -0.2) is 32.2 Å². The topological polar surface area (TPSA) is 41.6 Å². The normalized spacial score (nSPS) is 17.9. The summed E-state index contributed by atoms with van der Waals surface area (Å²) >= 11 is 0. The first-order valence-electron chi connectivity index (χ1n) is 7.48. The van der Waals surface area contributed by atoms with Crippen molar-refractivity contribution in [3.8, 4) is 0 Å². The summed E-state index contributed by atoms with van der Waals surface area (Å²) in [5, 5.41) is 3.48. The van der Waals surface area contributed by atoms with Crippen LogP contribution in [0.25, 0.3) is 0 Å². The lowest BCUT2D eigenvalue weighted by Gasteiger charge is -2.34. The Balaban J connectivity index is 2.12. The predicted octanol–water partition coefficient (Wildman–Crippen LogP) is 2.50. The van der Waals surface area contributed by atoms with Gasteiger partial charge in [-0.25, -0.2) is 0 Å². The van der Waals surface area contributed by atoms with Gasteiger partial charge in [-0.1, -0.05) is 32.0 Å². The molecule has 0 saturated carbocycles. The van der Waals surface area contributed by atoms with Crippen LogP contribution in [0.4, 0.5) is 5.69 Å². The number of anilines is 1. The first-order valence-corrected chi connectivity index (χ1v) is 7.48. The van der Waals surface area contributed by atoms with E-state index in [0.29, 0.717) is 12.6 Å². The molecule has 4 heteroatoms. The highest BCUT2D eigenvalue weighted by Gasteiger charge is 2.27. The minimum absolute atomic E-state index is 0.0563. The molecule has 0 bridgehead atoms. The minimum atomic E-state index is 0.0563. The van der Waals surface area contributed by atoms with Crippen molar-refractivity contribution in [2.75, 3.05) is 31.2 Å². The predicted molar refractivity (Wildman–Crippen MR) is 80.9 cm³/mol. The second-order valence-corrected chi connectivity index (χ2v) is 5.06. The van der Waals surface area contributed by atoms with Crippen molar-refractivity contribution >= 4 is 11.6 Å². The highest BCUT2D eigenvalue weighted by Crippen LogP contribution is 2.33. The van der Waals surface area contributed by atoms with E-state index in [1.165, 1.54) is 5.56 Å². The van der Waals surface area contributed by atoms with E-state index in [-0.39, 0.29) is 12.5 Å². The van der Waals surface area contributed by atoms with Crippen molar-refractivity contribution in [2.45, 2.75) is 32.7 Å². The van der Waals surface area contributed by atoms with Gasteiger partial charge in [-0.05, 0) is 31.0 Å².